The normalized spacial score (nSPS) is 13.4. The van der Waals surface area contributed by atoms with E-state index in [1.165, 1.54) is 24.3 Å². The van der Waals surface area contributed by atoms with Crippen LogP contribution in [0.25, 0.3) is 11.1 Å². The quantitative estimate of drug-likeness (QED) is 0.0405. The maximum atomic E-state index is 14.7. The van der Waals surface area contributed by atoms with E-state index in [1.807, 2.05) is 0 Å². The molecule has 0 aliphatic rings. The topological polar surface area (TPSA) is 88.1 Å². The van der Waals surface area contributed by atoms with Gasteiger partial charge in [0.25, 0.3) is 0 Å². The third-order valence-electron chi connectivity index (χ3n) is 9.18. The average molecular weight is 911 g/mol. The monoisotopic (exact) mass is 910 g/mol. The van der Waals surface area contributed by atoms with Crippen LogP contribution in [0, 0.1) is 5.82 Å². The summed E-state index contributed by atoms with van der Waals surface area (Å²) in [6, 6.07) is 16.1. The van der Waals surface area contributed by atoms with Crippen LogP contribution in [0.15, 0.2) is 66.7 Å². The zero-order valence-electron chi connectivity index (χ0n) is 32.9. The molecule has 0 amide bonds. The molecule has 0 saturated heterocycles. The van der Waals surface area contributed by atoms with Crippen LogP contribution in [0.4, 0.5) is 61.5 Å². The van der Waals surface area contributed by atoms with Crippen LogP contribution in [-0.2, 0) is 14.3 Å². The first-order valence-corrected chi connectivity index (χ1v) is 18.9. The Hall–Kier alpha value is -5.11. The van der Waals surface area contributed by atoms with Crippen molar-refractivity contribution < 1.29 is 94.8 Å². The van der Waals surface area contributed by atoms with Crippen molar-refractivity contribution in [1.29, 1.82) is 0 Å². The van der Waals surface area contributed by atoms with Crippen molar-refractivity contribution in [1.82, 2.24) is 0 Å². The number of benzene rings is 3. The number of esters is 3. The van der Waals surface area contributed by atoms with Crippen LogP contribution in [0.2, 0.25) is 0 Å². The van der Waals surface area contributed by atoms with Gasteiger partial charge in [-0.3, -0.25) is 0 Å². The number of halogens is 14. The predicted molar refractivity (Wildman–Crippen MR) is 193 cm³/mol. The van der Waals surface area contributed by atoms with Gasteiger partial charge in [-0.1, -0.05) is 50.5 Å². The number of hydrogen-bond acceptors (Lipinski definition) is 7. The van der Waals surface area contributed by atoms with E-state index in [1.54, 1.807) is 43.3 Å². The van der Waals surface area contributed by atoms with Crippen LogP contribution in [0.1, 0.15) is 92.4 Å². The Bertz CT molecular complexity index is 1950. The molecule has 0 aliphatic carbocycles. The van der Waals surface area contributed by atoms with Crippen LogP contribution in [-0.4, -0.2) is 73.0 Å². The van der Waals surface area contributed by atoms with Crippen molar-refractivity contribution >= 4 is 17.9 Å². The summed E-state index contributed by atoms with van der Waals surface area (Å²) in [6.07, 6.45) is -3.18. The zero-order chi connectivity index (χ0) is 46.7. The Morgan fingerprint density at radius 3 is 1.65 bits per heavy atom. The number of ether oxygens (including phenoxy) is 4. The number of alkyl halides is 13. The molecular formula is C41H40F14O7. The number of rotatable bonds is 23. The molecule has 62 heavy (non-hydrogen) atoms. The lowest BCUT2D eigenvalue weighted by molar-refractivity contribution is -0.437. The van der Waals surface area contributed by atoms with E-state index in [9.17, 15) is 75.8 Å². The van der Waals surface area contributed by atoms with Crippen LogP contribution in [0.3, 0.4) is 0 Å². The van der Waals surface area contributed by atoms with Gasteiger partial charge in [-0.25, -0.2) is 18.8 Å². The van der Waals surface area contributed by atoms with Crippen molar-refractivity contribution in [3.63, 3.8) is 0 Å². The molecule has 0 unspecified atom stereocenters. The molecule has 0 N–H and O–H groups in total. The average Bonchev–Trinajstić information content (AvgIpc) is 3.19. The van der Waals surface area contributed by atoms with Gasteiger partial charge in [-0.05, 0) is 93.0 Å². The second kappa shape index (κ2) is 20.8. The summed E-state index contributed by atoms with van der Waals surface area (Å²) in [5.41, 5.74) is 1.22. The fourth-order valence-corrected chi connectivity index (χ4v) is 5.50. The molecule has 0 aliphatic heterocycles. The third kappa shape index (κ3) is 11.9. The maximum Gasteiger partial charge on any atom is 0.460 e. The molecule has 0 bridgehead atoms. The highest BCUT2D eigenvalue weighted by atomic mass is 19.4. The lowest BCUT2D eigenvalue weighted by atomic mass is 9.94. The third-order valence-corrected chi connectivity index (χ3v) is 9.18. The number of carbonyl (C=O) groups excluding carboxylic acids is 3. The molecule has 3 aromatic rings. The lowest BCUT2D eigenvalue weighted by Crippen LogP contribution is -2.71. The summed E-state index contributed by atoms with van der Waals surface area (Å²) in [5.74, 6) is -44.6. The van der Waals surface area contributed by atoms with Gasteiger partial charge in [0.05, 0.1) is 30.4 Å². The highest BCUT2D eigenvalue weighted by Crippen LogP contribution is 2.60. The van der Waals surface area contributed by atoms with E-state index in [4.69, 9.17) is 14.2 Å². The molecule has 0 heterocycles. The van der Waals surface area contributed by atoms with Gasteiger partial charge < -0.3 is 18.9 Å². The van der Waals surface area contributed by atoms with Crippen LogP contribution >= 0.6 is 0 Å². The molecule has 0 radical (unpaired) electrons. The molecule has 0 fully saturated rings. The van der Waals surface area contributed by atoms with Crippen molar-refractivity contribution in [3.8, 4) is 22.6 Å². The van der Waals surface area contributed by atoms with Crippen molar-refractivity contribution in [2.75, 3.05) is 13.2 Å². The molecule has 0 saturated carbocycles. The summed E-state index contributed by atoms with van der Waals surface area (Å²) >= 11 is 0. The highest BCUT2D eigenvalue weighted by Gasteiger charge is 2.92. The van der Waals surface area contributed by atoms with Crippen LogP contribution in [0.5, 0.6) is 11.5 Å². The van der Waals surface area contributed by atoms with Gasteiger partial charge in [0, 0.05) is 6.07 Å². The molecule has 1 atom stereocenters. The van der Waals surface area contributed by atoms with Gasteiger partial charge in [0.2, 0.25) is 0 Å². The Morgan fingerprint density at radius 2 is 1.10 bits per heavy atom. The Morgan fingerprint density at radius 1 is 0.581 bits per heavy atom. The van der Waals surface area contributed by atoms with Crippen molar-refractivity contribution in [3.05, 3.63) is 83.7 Å². The van der Waals surface area contributed by atoms with E-state index in [-0.39, 0.29) is 49.2 Å². The zero-order valence-corrected chi connectivity index (χ0v) is 32.9. The van der Waals surface area contributed by atoms with E-state index in [0.29, 0.717) is 23.3 Å². The first-order chi connectivity index (χ1) is 28.7. The molecule has 3 rings (SSSR count). The minimum atomic E-state index is -8.11. The van der Waals surface area contributed by atoms with Gasteiger partial charge in [-0.15, -0.1) is 0 Å². The van der Waals surface area contributed by atoms with Gasteiger partial charge >= 0.3 is 53.7 Å². The van der Waals surface area contributed by atoms with Gasteiger partial charge in [0.15, 0.2) is 0 Å². The second-order valence-corrected chi connectivity index (χ2v) is 14.0. The molecule has 0 spiro atoms. The van der Waals surface area contributed by atoms with Crippen molar-refractivity contribution in [2.45, 2.75) is 114 Å². The number of unbranched alkanes of at least 4 members (excludes halogenated alkanes) is 6. The van der Waals surface area contributed by atoms with E-state index in [2.05, 4.69) is 11.7 Å². The summed E-state index contributed by atoms with van der Waals surface area (Å²) in [4.78, 5) is 36.6. The summed E-state index contributed by atoms with van der Waals surface area (Å²) in [5, 5.41) is 0. The first-order valence-electron chi connectivity index (χ1n) is 18.9. The predicted octanol–water partition coefficient (Wildman–Crippen LogP) is 12.4. The Balaban J connectivity index is 1.41. The molecule has 21 heteroatoms. The number of hydrogen-bond donors (Lipinski definition) is 0. The summed E-state index contributed by atoms with van der Waals surface area (Å²) in [7, 11) is 0. The summed E-state index contributed by atoms with van der Waals surface area (Å²) < 4.78 is 206. The van der Waals surface area contributed by atoms with Gasteiger partial charge in [-0.2, -0.15) is 57.1 Å². The standard InChI is InChI=1S/C41H40F14O7/c1-3-4-5-8-11-25(2)61-34(57)31-21-20-30(24-32(31)42)62-33(56)28-14-12-26(13-15-28)27-16-18-29(19-17-27)59-22-9-6-7-10-23-60-35(58)36(43,44)37(45,46)38(47,48)39(49,50)40(51,52)41(53,54)55/h12-21,24-25H,3-11,22-23H2,1-2H3/t25-/m0/s1. The number of carbonyl (C=O) groups is 3. The summed E-state index contributed by atoms with van der Waals surface area (Å²) in [6.45, 7) is 2.71. The maximum absolute atomic E-state index is 14.7. The molecular weight excluding hydrogens is 870 g/mol. The molecule has 0 aromatic heterocycles. The second-order valence-electron chi connectivity index (χ2n) is 14.0. The highest BCUT2D eigenvalue weighted by molar-refractivity contribution is 5.92. The molecule has 7 nitrogen and oxygen atoms in total. The Kier molecular flexibility index (Phi) is 17.2. The smallest absolute Gasteiger partial charge is 0.460 e. The van der Waals surface area contributed by atoms with Gasteiger partial charge in [0.1, 0.15) is 17.3 Å². The van der Waals surface area contributed by atoms with E-state index >= 15 is 0 Å². The van der Waals surface area contributed by atoms with Crippen molar-refractivity contribution in [2.24, 2.45) is 0 Å². The van der Waals surface area contributed by atoms with Crippen LogP contribution < -0.4 is 9.47 Å². The molecule has 344 valence electrons. The van der Waals surface area contributed by atoms with E-state index < -0.39 is 72.2 Å². The lowest BCUT2D eigenvalue weighted by Gasteiger charge is -2.38. The van der Waals surface area contributed by atoms with E-state index in [0.717, 1.165) is 31.7 Å². The Labute approximate surface area is 345 Å². The largest absolute Gasteiger partial charge is 0.494 e. The minimum absolute atomic E-state index is 0.0193. The fraction of sp³-hybridized carbons (Fsp3) is 0.488. The molecule has 3 aromatic carbocycles. The first kappa shape index (κ1) is 51.2. The fourth-order valence-electron chi connectivity index (χ4n) is 5.50. The SMILES string of the molecule is CCCCCC[C@H](C)OC(=O)c1ccc(OC(=O)c2ccc(-c3ccc(OCCCCCCOC(=O)C(F)(F)C(F)(F)C(F)(F)C(F)(F)C(F)(F)C(F)(F)F)cc3)cc2)cc1F. The minimum Gasteiger partial charge on any atom is -0.494 e.